The summed E-state index contributed by atoms with van der Waals surface area (Å²) in [5, 5.41) is 0. The lowest BCUT2D eigenvalue weighted by atomic mass is 9.98. The van der Waals surface area contributed by atoms with Crippen LogP contribution in [0.25, 0.3) is 0 Å². The molecule has 1 aliphatic rings. The normalized spacial score (nSPS) is 19.3. The number of nitrogens with zero attached hydrogens (tertiary/aromatic N) is 1. The van der Waals surface area contributed by atoms with E-state index in [1.165, 1.54) is 0 Å². The van der Waals surface area contributed by atoms with Crippen LogP contribution in [-0.4, -0.2) is 43.2 Å². The van der Waals surface area contributed by atoms with Crippen molar-refractivity contribution in [1.82, 2.24) is 4.90 Å². The molecule has 118 valence electrons. The molecule has 1 aromatic rings. The Balaban J connectivity index is 1.84. The Bertz CT molecular complexity index is 509. The highest BCUT2D eigenvalue weighted by atomic mass is 16.5. The maximum atomic E-state index is 12.5. The summed E-state index contributed by atoms with van der Waals surface area (Å²) in [5.41, 5.74) is 0. The molecule has 2 rings (SSSR count). The van der Waals surface area contributed by atoms with Gasteiger partial charge in [-0.3, -0.25) is 4.79 Å². The number of terminal acetylenes is 1. The number of likely N-dealkylation sites (tertiary alicyclic amines) is 1. The van der Waals surface area contributed by atoms with Crippen LogP contribution in [0.2, 0.25) is 0 Å². The molecule has 1 fully saturated rings. The third kappa shape index (κ3) is 4.78. The van der Waals surface area contributed by atoms with E-state index in [0.717, 1.165) is 19.4 Å². The Kier molecular flexibility index (Phi) is 6.29. The lowest BCUT2D eigenvalue weighted by Crippen LogP contribution is -2.46. The summed E-state index contributed by atoms with van der Waals surface area (Å²) in [6.45, 7) is 4.24. The van der Waals surface area contributed by atoms with E-state index in [1.54, 1.807) is 6.92 Å². The maximum Gasteiger partial charge on any atom is 0.263 e. The van der Waals surface area contributed by atoms with Gasteiger partial charge in [0.05, 0.1) is 6.61 Å². The number of ether oxygens (including phenoxy) is 2. The second-order valence-electron chi connectivity index (χ2n) is 5.58. The molecule has 1 amide bonds. The molecular weight excluding hydrogens is 278 g/mol. The van der Waals surface area contributed by atoms with E-state index in [0.29, 0.717) is 31.4 Å². The summed E-state index contributed by atoms with van der Waals surface area (Å²) in [5.74, 6) is 3.57. The molecule has 0 aromatic heterocycles. The quantitative estimate of drug-likeness (QED) is 0.598. The highest BCUT2D eigenvalue weighted by molar-refractivity contribution is 5.81. The van der Waals surface area contributed by atoms with E-state index in [9.17, 15) is 4.79 Å². The van der Waals surface area contributed by atoms with E-state index in [1.807, 2.05) is 35.2 Å². The average Bonchev–Trinajstić information content (AvgIpc) is 2.55. The summed E-state index contributed by atoms with van der Waals surface area (Å²) in [4.78, 5) is 14.4. The number of hydrogen-bond donors (Lipinski definition) is 0. The van der Waals surface area contributed by atoms with Crippen molar-refractivity contribution >= 4 is 5.91 Å². The molecule has 1 aliphatic heterocycles. The van der Waals surface area contributed by atoms with Gasteiger partial charge in [0.15, 0.2) is 6.10 Å². The molecule has 22 heavy (non-hydrogen) atoms. The lowest BCUT2D eigenvalue weighted by Gasteiger charge is -2.34. The van der Waals surface area contributed by atoms with Crippen molar-refractivity contribution in [3.05, 3.63) is 30.3 Å². The number of hydrogen-bond acceptors (Lipinski definition) is 3. The van der Waals surface area contributed by atoms with Crippen LogP contribution in [-0.2, 0) is 9.53 Å². The van der Waals surface area contributed by atoms with E-state index in [4.69, 9.17) is 15.9 Å². The van der Waals surface area contributed by atoms with E-state index >= 15 is 0 Å². The smallest absolute Gasteiger partial charge is 0.263 e. The third-order valence-electron chi connectivity index (χ3n) is 3.77. The van der Waals surface area contributed by atoms with Gasteiger partial charge in [-0.1, -0.05) is 24.1 Å². The number of rotatable bonds is 6. The van der Waals surface area contributed by atoms with Crippen molar-refractivity contribution < 1.29 is 14.3 Å². The number of carbonyl (C=O) groups is 1. The molecule has 1 saturated heterocycles. The van der Waals surface area contributed by atoms with Crippen LogP contribution in [0.1, 0.15) is 19.8 Å². The maximum absolute atomic E-state index is 12.5. The summed E-state index contributed by atoms with van der Waals surface area (Å²) in [7, 11) is 0. The lowest BCUT2D eigenvalue weighted by molar-refractivity contribution is -0.140. The molecule has 4 nitrogen and oxygen atoms in total. The minimum atomic E-state index is -0.479. The van der Waals surface area contributed by atoms with Crippen molar-refractivity contribution in [2.24, 2.45) is 5.92 Å². The molecule has 1 heterocycles. The Hall–Kier alpha value is -1.99. The average molecular weight is 301 g/mol. The molecule has 0 bridgehead atoms. The predicted molar refractivity (Wildman–Crippen MR) is 85.5 cm³/mol. The molecule has 0 N–H and O–H groups in total. The van der Waals surface area contributed by atoms with Crippen LogP contribution >= 0.6 is 0 Å². The number of benzene rings is 1. The van der Waals surface area contributed by atoms with Crippen LogP contribution in [0.15, 0.2) is 30.3 Å². The number of carbonyl (C=O) groups excluding carboxylic acids is 1. The third-order valence-corrected chi connectivity index (χ3v) is 3.77. The van der Waals surface area contributed by atoms with Gasteiger partial charge in [-0.15, -0.1) is 6.42 Å². The fourth-order valence-electron chi connectivity index (χ4n) is 2.70. The van der Waals surface area contributed by atoms with Crippen LogP contribution in [0.4, 0.5) is 0 Å². The summed E-state index contributed by atoms with van der Waals surface area (Å²) in [6.07, 6.45) is 6.76. The first-order chi connectivity index (χ1) is 10.7. The number of piperidine rings is 1. The fourth-order valence-corrected chi connectivity index (χ4v) is 2.70. The van der Waals surface area contributed by atoms with E-state index in [2.05, 4.69) is 5.92 Å². The molecule has 0 spiro atoms. The number of para-hydroxylation sites is 1. The molecule has 1 aromatic carbocycles. The van der Waals surface area contributed by atoms with Gasteiger partial charge in [0.1, 0.15) is 12.4 Å². The highest BCUT2D eigenvalue weighted by Crippen LogP contribution is 2.19. The zero-order chi connectivity index (χ0) is 15.8. The van der Waals surface area contributed by atoms with Crippen molar-refractivity contribution in [2.45, 2.75) is 25.9 Å². The molecule has 0 radical (unpaired) electrons. The SMILES string of the molecule is C#CCOCC1CCCN(C(=O)C(C)Oc2ccccc2)C1. The van der Waals surface area contributed by atoms with Gasteiger partial charge in [-0.25, -0.2) is 0 Å². The Morgan fingerprint density at radius 1 is 1.45 bits per heavy atom. The summed E-state index contributed by atoms with van der Waals surface area (Å²) >= 11 is 0. The van der Waals surface area contributed by atoms with Gasteiger partial charge in [-0.2, -0.15) is 0 Å². The largest absolute Gasteiger partial charge is 0.481 e. The first kappa shape index (κ1) is 16.4. The van der Waals surface area contributed by atoms with Crippen molar-refractivity contribution in [3.63, 3.8) is 0 Å². The standard InChI is InChI=1S/C18H23NO3/c1-3-12-21-14-16-8-7-11-19(13-16)18(20)15(2)22-17-9-5-4-6-10-17/h1,4-6,9-10,15-16H,7-8,11-14H2,2H3. The Labute approximate surface area is 132 Å². The summed E-state index contributed by atoms with van der Waals surface area (Å²) < 4.78 is 11.1. The first-order valence-corrected chi connectivity index (χ1v) is 7.72. The first-order valence-electron chi connectivity index (χ1n) is 7.72. The van der Waals surface area contributed by atoms with Gasteiger partial charge in [0.2, 0.25) is 0 Å². The molecule has 4 heteroatoms. The van der Waals surface area contributed by atoms with Crippen LogP contribution < -0.4 is 4.74 Å². The highest BCUT2D eigenvalue weighted by Gasteiger charge is 2.27. The number of amides is 1. The molecule has 0 saturated carbocycles. The Morgan fingerprint density at radius 2 is 2.23 bits per heavy atom. The van der Waals surface area contributed by atoms with Crippen LogP contribution in [0.5, 0.6) is 5.75 Å². The molecular formula is C18H23NO3. The van der Waals surface area contributed by atoms with Crippen molar-refractivity contribution in [2.75, 3.05) is 26.3 Å². The second-order valence-corrected chi connectivity index (χ2v) is 5.58. The summed E-state index contributed by atoms with van der Waals surface area (Å²) in [6, 6.07) is 9.43. The van der Waals surface area contributed by atoms with E-state index < -0.39 is 6.10 Å². The zero-order valence-electron chi connectivity index (χ0n) is 13.0. The van der Waals surface area contributed by atoms with E-state index in [-0.39, 0.29) is 5.91 Å². The molecule has 2 atom stereocenters. The van der Waals surface area contributed by atoms with Crippen LogP contribution in [0, 0.1) is 18.3 Å². The van der Waals surface area contributed by atoms with Gasteiger partial charge in [-0.05, 0) is 37.8 Å². The molecule has 2 unspecified atom stereocenters. The predicted octanol–water partition coefficient (Wildman–Crippen LogP) is 2.34. The van der Waals surface area contributed by atoms with Crippen molar-refractivity contribution in [1.29, 1.82) is 0 Å². The molecule has 0 aliphatic carbocycles. The van der Waals surface area contributed by atoms with Gasteiger partial charge >= 0.3 is 0 Å². The van der Waals surface area contributed by atoms with Gasteiger partial charge < -0.3 is 14.4 Å². The fraction of sp³-hybridized carbons (Fsp3) is 0.500. The minimum absolute atomic E-state index is 0.0329. The van der Waals surface area contributed by atoms with Gasteiger partial charge in [0.25, 0.3) is 5.91 Å². The van der Waals surface area contributed by atoms with Crippen molar-refractivity contribution in [3.8, 4) is 18.1 Å². The van der Waals surface area contributed by atoms with Crippen LogP contribution in [0.3, 0.4) is 0 Å². The monoisotopic (exact) mass is 301 g/mol. The topological polar surface area (TPSA) is 38.8 Å². The Morgan fingerprint density at radius 3 is 2.95 bits per heavy atom. The van der Waals surface area contributed by atoms with Gasteiger partial charge in [0, 0.05) is 13.1 Å². The minimum Gasteiger partial charge on any atom is -0.481 e. The zero-order valence-corrected chi connectivity index (χ0v) is 13.0. The second kappa shape index (κ2) is 8.45.